The van der Waals surface area contributed by atoms with E-state index in [9.17, 15) is 0 Å². The fourth-order valence-electron chi connectivity index (χ4n) is 6.03. The predicted octanol–water partition coefficient (Wildman–Crippen LogP) is 7.91. The highest BCUT2D eigenvalue weighted by Crippen LogP contribution is 2.40. The first-order valence-corrected chi connectivity index (χ1v) is 12.9. The summed E-state index contributed by atoms with van der Waals surface area (Å²) in [6.07, 6.45) is 13.6. The van der Waals surface area contributed by atoms with E-state index < -0.39 is 0 Å². The van der Waals surface area contributed by atoms with Crippen molar-refractivity contribution in [2.75, 3.05) is 0 Å². The van der Waals surface area contributed by atoms with Crippen molar-refractivity contribution >= 4 is 24.2 Å². The van der Waals surface area contributed by atoms with E-state index in [1.165, 1.54) is 86.1 Å². The fourth-order valence-corrected chi connectivity index (χ4v) is 6.03. The molecule has 0 saturated heterocycles. The van der Waals surface area contributed by atoms with Crippen LogP contribution in [0.1, 0.15) is 112 Å². The van der Waals surface area contributed by atoms with Gasteiger partial charge in [-0.2, -0.15) is 0 Å². The minimum Gasteiger partial charge on any atom is -0.264 e. The van der Waals surface area contributed by atoms with Gasteiger partial charge in [-0.3, -0.25) is 4.98 Å². The second kappa shape index (κ2) is 9.42. The summed E-state index contributed by atoms with van der Waals surface area (Å²) in [5, 5.41) is 2.43. The van der Waals surface area contributed by atoms with Crippen LogP contribution in [-0.4, -0.2) is 12.8 Å². The summed E-state index contributed by atoms with van der Waals surface area (Å²) in [6, 6.07) is 16.3. The first-order chi connectivity index (χ1) is 15.6. The van der Waals surface area contributed by atoms with Gasteiger partial charge < -0.3 is 0 Å². The number of nitrogens with zero attached hydrogens (tertiary/aromatic N) is 1. The van der Waals surface area contributed by atoms with Gasteiger partial charge in [0, 0.05) is 10.9 Å². The summed E-state index contributed by atoms with van der Waals surface area (Å²) < 4.78 is 0. The molecule has 0 atom stereocenters. The molecule has 0 aliphatic heterocycles. The molecule has 0 amide bonds. The van der Waals surface area contributed by atoms with Gasteiger partial charge in [-0.1, -0.05) is 76.6 Å². The Morgan fingerprint density at radius 3 is 1.91 bits per heavy atom. The third-order valence-electron chi connectivity index (χ3n) is 7.95. The van der Waals surface area contributed by atoms with Crippen LogP contribution in [0.3, 0.4) is 0 Å². The molecule has 0 spiro atoms. The minimum atomic E-state index is 0.504. The number of aromatic nitrogens is 1. The zero-order valence-electron chi connectivity index (χ0n) is 19.9. The van der Waals surface area contributed by atoms with Gasteiger partial charge in [0.1, 0.15) is 7.85 Å². The summed E-state index contributed by atoms with van der Waals surface area (Å²) in [4.78, 5) is 4.90. The molecule has 2 heteroatoms. The van der Waals surface area contributed by atoms with Crippen molar-refractivity contribution in [2.24, 2.45) is 0 Å². The maximum absolute atomic E-state index is 6.34. The average molecular weight is 421 g/mol. The summed E-state index contributed by atoms with van der Waals surface area (Å²) >= 11 is 0. The molecule has 1 nitrogen and oxygen atoms in total. The third kappa shape index (κ3) is 4.52. The SMILES string of the molecule is [B]c1cc2cc(C(C)C)ccc2c(-c2cc(C3CCCCC3)cc(C3CCCCC3)c2)n1. The fraction of sp³-hybridized carbons (Fsp3) is 0.500. The molecule has 2 aromatic carbocycles. The molecule has 3 aromatic rings. The zero-order chi connectivity index (χ0) is 22.1. The molecular formula is C30H36BN. The van der Waals surface area contributed by atoms with Gasteiger partial charge in [0.25, 0.3) is 0 Å². The molecule has 0 unspecified atom stereocenters. The van der Waals surface area contributed by atoms with Crippen molar-refractivity contribution in [1.82, 2.24) is 4.98 Å². The second-order valence-corrected chi connectivity index (χ2v) is 10.6. The number of pyridine rings is 1. The van der Waals surface area contributed by atoms with Gasteiger partial charge in [0.05, 0.1) is 5.69 Å². The zero-order valence-corrected chi connectivity index (χ0v) is 19.9. The molecule has 2 fully saturated rings. The largest absolute Gasteiger partial charge is 0.264 e. The number of fused-ring (bicyclic) bond motifs is 1. The molecule has 32 heavy (non-hydrogen) atoms. The van der Waals surface area contributed by atoms with Crippen molar-refractivity contribution < 1.29 is 0 Å². The Hall–Kier alpha value is -2.09. The van der Waals surface area contributed by atoms with Crippen molar-refractivity contribution in [1.29, 1.82) is 0 Å². The standard InChI is InChI=1S/C30H36BN/c1-20(2)23-13-14-28-26(15-23)19-29(31)32-30(28)27-17-24(21-9-5-3-6-10-21)16-25(18-27)22-11-7-4-8-12-22/h13-22H,3-12H2,1-2H3. The van der Waals surface area contributed by atoms with E-state index in [4.69, 9.17) is 12.8 Å². The summed E-state index contributed by atoms with van der Waals surface area (Å²) in [5.41, 5.74) is 7.38. The van der Waals surface area contributed by atoms with Crippen molar-refractivity contribution in [3.63, 3.8) is 0 Å². The maximum Gasteiger partial charge on any atom is 0.141 e. The number of hydrogen-bond acceptors (Lipinski definition) is 1. The number of rotatable bonds is 4. The Kier molecular flexibility index (Phi) is 6.40. The second-order valence-electron chi connectivity index (χ2n) is 10.6. The van der Waals surface area contributed by atoms with E-state index in [0.717, 1.165) is 5.69 Å². The third-order valence-corrected chi connectivity index (χ3v) is 7.95. The van der Waals surface area contributed by atoms with E-state index in [0.29, 0.717) is 23.3 Å². The predicted molar refractivity (Wildman–Crippen MR) is 138 cm³/mol. The molecule has 1 aromatic heterocycles. The Morgan fingerprint density at radius 2 is 1.34 bits per heavy atom. The Bertz CT molecular complexity index is 1050. The quantitative estimate of drug-likeness (QED) is 0.390. The topological polar surface area (TPSA) is 12.9 Å². The van der Waals surface area contributed by atoms with Crippen LogP contribution in [0.25, 0.3) is 22.0 Å². The van der Waals surface area contributed by atoms with E-state index in [1.807, 2.05) is 6.07 Å². The lowest BCUT2D eigenvalue weighted by Gasteiger charge is -2.27. The van der Waals surface area contributed by atoms with Gasteiger partial charge >= 0.3 is 0 Å². The van der Waals surface area contributed by atoms with E-state index >= 15 is 0 Å². The first kappa shape index (κ1) is 21.7. The molecule has 0 bridgehead atoms. The lowest BCUT2D eigenvalue weighted by Crippen LogP contribution is -2.11. The molecule has 164 valence electrons. The lowest BCUT2D eigenvalue weighted by molar-refractivity contribution is 0.435. The molecule has 1 heterocycles. The van der Waals surface area contributed by atoms with Crippen LogP contribution in [0.2, 0.25) is 0 Å². The van der Waals surface area contributed by atoms with Crippen molar-refractivity contribution in [3.8, 4) is 11.3 Å². The van der Waals surface area contributed by atoms with Crippen LogP contribution >= 0.6 is 0 Å². The minimum absolute atomic E-state index is 0.504. The van der Waals surface area contributed by atoms with Crippen molar-refractivity contribution in [3.05, 3.63) is 59.2 Å². The Labute approximate surface area is 195 Å². The molecule has 2 aliphatic rings. The van der Waals surface area contributed by atoms with Crippen molar-refractivity contribution in [2.45, 2.75) is 95.8 Å². The van der Waals surface area contributed by atoms with Crippen LogP contribution in [0.15, 0.2) is 42.5 Å². The smallest absolute Gasteiger partial charge is 0.141 e. The normalized spacial score (nSPS) is 18.5. The van der Waals surface area contributed by atoms with Crippen LogP contribution < -0.4 is 5.59 Å². The molecular weight excluding hydrogens is 385 g/mol. The van der Waals surface area contributed by atoms with Gasteiger partial charge in [0.15, 0.2) is 0 Å². The summed E-state index contributed by atoms with van der Waals surface area (Å²) in [6.45, 7) is 4.49. The first-order valence-electron chi connectivity index (χ1n) is 12.9. The molecule has 5 rings (SSSR count). The van der Waals surface area contributed by atoms with Crippen LogP contribution in [0.4, 0.5) is 0 Å². The van der Waals surface area contributed by atoms with E-state index in [-0.39, 0.29) is 0 Å². The molecule has 0 N–H and O–H groups in total. The maximum atomic E-state index is 6.34. The van der Waals surface area contributed by atoms with Gasteiger partial charge in [-0.05, 0) is 89.3 Å². The molecule has 2 radical (unpaired) electrons. The van der Waals surface area contributed by atoms with Crippen LogP contribution in [-0.2, 0) is 0 Å². The van der Waals surface area contributed by atoms with Gasteiger partial charge in [0.2, 0.25) is 0 Å². The number of benzene rings is 2. The van der Waals surface area contributed by atoms with Gasteiger partial charge in [-0.15, -0.1) is 0 Å². The highest BCUT2D eigenvalue weighted by Gasteiger charge is 2.22. The highest BCUT2D eigenvalue weighted by atomic mass is 14.7. The molecule has 2 saturated carbocycles. The van der Waals surface area contributed by atoms with E-state index in [1.54, 1.807) is 11.1 Å². The number of hydrogen-bond donors (Lipinski definition) is 0. The Morgan fingerprint density at radius 1 is 0.750 bits per heavy atom. The molecule has 2 aliphatic carbocycles. The highest BCUT2D eigenvalue weighted by molar-refractivity contribution is 6.32. The lowest BCUT2D eigenvalue weighted by atomic mass is 9.78. The Balaban J connectivity index is 1.65. The van der Waals surface area contributed by atoms with Crippen LogP contribution in [0.5, 0.6) is 0 Å². The average Bonchev–Trinajstić information content (AvgIpc) is 2.84. The van der Waals surface area contributed by atoms with Gasteiger partial charge in [-0.25, -0.2) is 0 Å². The van der Waals surface area contributed by atoms with Crippen LogP contribution in [0, 0.1) is 0 Å². The summed E-state index contributed by atoms with van der Waals surface area (Å²) in [5.74, 6) is 1.90. The summed E-state index contributed by atoms with van der Waals surface area (Å²) in [7, 11) is 6.34. The monoisotopic (exact) mass is 421 g/mol. The van der Waals surface area contributed by atoms with E-state index in [2.05, 4.69) is 50.2 Å².